The van der Waals surface area contributed by atoms with Crippen molar-refractivity contribution in [3.05, 3.63) is 11.6 Å². The fourth-order valence-electron chi connectivity index (χ4n) is 7.08. The van der Waals surface area contributed by atoms with Gasteiger partial charge in [0.05, 0.1) is 18.9 Å². The molecule has 0 radical (unpaired) electrons. The molecule has 6 atom stereocenters. The number of allylic oxidation sites excluding steroid dienone is 1. The van der Waals surface area contributed by atoms with Gasteiger partial charge in [-0.3, -0.25) is 4.79 Å². The van der Waals surface area contributed by atoms with E-state index in [2.05, 4.69) is 30.6 Å². The third kappa shape index (κ3) is 3.12. The number of Topliss-reactive ketones (excluding diaryl/α,β-unsaturated/α-hetero) is 1. The van der Waals surface area contributed by atoms with E-state index in [0.717, 1.165) is 50.5 Å². The number of nitrogens with one attached hydrogen (secondary N) is 2. The Bertz CT molecular complexity index is 613. The molecule has 0 unspecified atom stereocenters. The van der Waals surface area contributed by atoms with Crippen LogP contribution in [0.2, 0.25) is 0 Å². The van der Waals surface area contributed by atoms with Gasteiger partial charge in [0.1, 0.15) is 5.78 Å². The first kappa shape index (κ1) is 19.6. The molecule has 4 aliphatic rings. The number of hydrogen-bond donors (Lipinski definition) is 2. The predicted molar refractivity (Wildman–Crippen MR) is 108 cm³/mol. The Hall–Kier alpha value is -0.710. The van der Waals surface area contributed by atoms with Crippen LogP contribution in [0, 0.1) is 28.6 Å². The van der Waals surface area contributed by atoms with Crippen LogP contribution in [0.25, 0.3) is 0 Å². The van der Waals surface area contributed by atoms with Gasteiger partial charge >= 0.3 is 0 Å². The maximum atomic E-state index is 12.5. The number of likely N-dealkylation sites (N-methyl/N-ethyl adjacent to an activating group) is 2. The number of carbonyl (C=O) groups is 1. The number of ether oxygens (including phenoxy) is 1. The molecule has 0 aromatic heterocycles. The lowest BCUT2D eigenvalue weighted by molar-refractivity contribution is -0.132. The predicted octanol–water partition coefficient (Wildman–Crippen LogP) is 3.67. The number of hydrogen-bond acceptors (Lipinski definition) is 4. The van der Waals surface area contributed by atoms with E-state index in [1.165, 1.54) is 19.3 Å². The lowest BCUT2D eigenvalue weighted by atomic mass is 9.48. The number of carbonyl (C=O) groups excluding carboxylic acids is 1. The molecule has 3 fully saturated rings. The minimum absolute atomic E-state index is 0.0154. The molecule has 0 saturated heterocycles. The van der Waals surface area contributed by atoms with Gasteiger partial charge in [0.15, 0.2) is 0 Å². The van der Waals surface area contributed by atoms with Crippen LogP contribution in [-0.4, -0.2) is 38.8 Å². The summed E-state index contributed by atoms with van der Waals surface area (Å²) < 4.78 is 6.25. The van der Waals surface area contributed by atoms with E-state index in [9.17, 15) is 4.79 Å². The lowest BCUT2D eigenvalue weighted by Gasteiger charge is -2.57. The van der Waals surface area contributed by atoms with Crippen LogP contribution in [0.1, 0.15) is 65.2 Å². The van der Waals surface area contributed by atoms with Crippen molar-refractivity contribution >= 4 is 5.78 Å². The molecule has 2 N–H and O–H groups in total. The van der Waals surface area contributed by atoms with Crippen molar-refractivity contribution in [3.8, 4) is 0 Å². The first-order valence-electron chi connectivity index (χ1n) is 11.1. The monoisotopic (exact) mass is 374 g/mol. The summed E-state index contributed by atoms with van der Waals surface area (Å²) in [7, 11) is 3.94. The second kappa shape index (κ2) is 7.27. The fraction of sp³-hybridized carbons (Fsp3) is 0.870. The maximum absolute atomic E-state index is 12.5. The van der Waals surface area contributed by atoms with Gasteiger partial charge in [-0.25, -0.2) is 0 Å². The summed E-state index contributed by atoms with van der Waals surface area (Å²) in [4.78, 5) is 12.5. The SMILES string of the molecule is CNC(CO[C@H]1CC[C@@]2(C)C(=CC[C@@H]3[C@@H]2CC[C@]2(C)C(=O)CC[C@@H]32)C1)NC. The minimum atomic E-state index is -0.0154. The van der Waals surface area contributed by atoms with Gasteiger partial charge in [-0.1, -0.05) is 25.5 Å². The Balaban J connectivity index is 1.47. The summed E-state index contributed by atoms with van der Waals surface area (Å²) in [6.07, 6.45) is 12.1. The molecule has 0 amide bonds. The third-order valence-electron chi connectivity index (χ3n) is 8.96. The van der Waals surface area contributed by atoms with Crippen LogP contribution in [0.5, 0.6) is 0 Å². The highest BCUT2D eigenvalue weighted by Crippen LogP contribution is 2.64. The molecule has 4 rings (SSSR count). The topological polar surface area (TPSA) is 50.4 Å². The summed E-state index contributed by atoms with van der Waals surface area (Å²) in [6.45, 7) is 5.51. The second-order valence-electron chi connectivity index (χ2n) is 10.0. The number of fused-ring (bicyclic) bond motifs is 5. The average Bonchev–Trinajstić information content (AvgIpc) is 2.97. The van der Waals surface area contributed by atoms with E-state index in [4.69, 9.17) is 4.74 Å². The van der Waals surface area contributed by atoms with Crippen molar-refractivity contribution in [1.29, 1.82) is 0 Å². The Labute approximate surface area is 164 Å². The molecule has 0 spiro atoms. The number of rotatable bonds is 5. The molecule has 152 valence electrons. The first-order valence-corrected chi connectivity index (χ1v) is 11.1. The van der Waals surface area contributed by atoms with E-state index in [1.807, 2.05) is 14.1 Å². The zero-order chi connectivity index (χ0) is 19.2. The molecule has 4 heteroatoms. The largest absolute Gasteiger partial charge is 0.375 e. The highest BCUT2D eigenvalue weighted by Gasteiger charge is 2.58. The quantitative estimate of drug-likeness (QED) is 0.569. The highest BCUT2D eigenvalue weighted by atomic mass is 16.5. The van der Waals surface area contributed by atoms with Crippen LogP contribution in [0.15, 0.2) is 11.6 Å². The number of ketones is 1. The average molecular weight is 375 g/mol. The summed E-state index contributed by atoms with van der Waals surface area (Å²) in [5.74, 6) is 2.66. The van der Waals surface area contributed by atoms with Gasteiger partial charge in [0.2, 0.25) is 0 Å². The van der Waals surface area contributed by atoms with Crippen LogP contribution < -0.4 is 10.6 Å². The molecule has 0 aromatic carbocycles. The fourth-order valence-corrected chi connectivity index (χ4v) is 7.08. The van der Waals surface area contributed by atoms with Gasteiger partial charge < -0.3 is 15.4 Å². The lowest BCUT2D eigenvalue weighted by Crippen LogP contribution is -2.51. The van der Waals surface area contributed by atoms with Crippen molar-refractivity contribution in [2.24, 2.45) is 28.6 Å². The molecular weight excluding hydrogens is 336 g/mol. The van der Waals surface area contributed by atoms with Crippen molar-refractivity contribution in [1.82, 2.24) is 10.6 Å². The summed E-state index contributed by atoms with van der Waals surface area (Å²) >= 11 is 0. The molecule has 0 aromatic rings. The van der Waals surface area contributed by atoms with E-state index < -0.39 is 0 Å². The van der Waals surface area contributed by atoms with Gasteiger partial charge in [-0.15, -0.1) is 0 Å². The van der Waals surface area contributed by atoms with Crippen molar-refractivity contribution in [2.45, 2.75) is 77.5 Å². The minimum Gasteiger partial charge on any atom is -0.375 e. The molecule has 0 aliphatic heterocycles. The van der Waals surface area contributed by atoms with E-state index in [1.54, 1.807) is 5.57 Å². The Kier molecular flexibility index (Phi) is 5.28. The molecular formula is C23H38N2O2. The van der Waals surface area contributed by atoms with Crippen molar-refractivity contribution in [3.63, 3.8) is 0 Å². The van der Waals surface area contributed by atoms with Crippen LogP contribution in [-0.2, 0) is 9.53 Å². The maximum Gasteiger partial charge on any atom is 0.139 e. The molecule has 4 nitrogen and oxygen atoms in total. The van der Waals surface area contributed by atoms with E-state index in [0.29, 0.717) is 23.2 Å². The Morgan fingerprint density at radius 3 is 2.56 bits per heavy atom. The smallest absolute Gasteiger partial charge is 0.139 e. The summed E-state index contributed by atoms with van der Waals surface area (Å²) in [5, 5.41) is 6.48. The first-order chi connectivity index (χ1) is 12.9. The van der Waals surface area contributed by atoms with Crippen LogP contribution in [0.3, 0.4) is 0 Å². The second-order valence-corrected chi connectivity index (χ2v) is 10.0. The summed E-state index contributed by atoms with van der Waals surface area (Å²) in [6, 6.07) is 0. The molecule has 0 bridgehead atoms. The molecule has 0 heterocycles. The van der Waals surface area contributed by atoms with Gasteiger partial charge in [-0.2, -0.15) is 0 Å². The van der Waals surface area contributed by atoms with E-state index in [-0.39, 0.29) is 11.6 Å². The summed E-state index contributed by atoms with van der Waals surface area (Å²) in [5.41, 5.74) is 1.97. The normalized spacial score (nSPS) is 43.9. The van der Waals surface area contributed by atoms with Crippen LogP contribution in [0.4, 0.5) is 0 Å². The Morgan fingerprint density at radius 2 is 1.81 bits per heavy atom. The van der Waals surface area contributed by atoms with Crippen LogP contribution >= 0.6 is 0 Å². The molecule has 4 aliphatic carbocycles. The molecule has 27 heavy (non-hydrogen) atoms. The highest BCUT2D eigenvalue weighted by molar-refractivity contribution is 5.87. The zero-order valence-corrected chi connectivity index (χ0v) is 17.6. The zero-order valence-electron chi connectivity index (χ0n) is 17.6. The van der Waals surface area contributed by atoms with Crippen molar-refractivity contribution < 1.29 is 9.53 Å². The third-order valence-corrected chi connectivity index (χ3v) is 8.96. The van der Waals surface area contributed by atoms with Gasteiger partial charge in [-0.05, 0) is 82.2 Å². The van der Waals surface area contributed by atoms with Crippen molar-refractivity contribution in [2.75, 3.05) is 20.7 Å². The van der Waals surface area contributed by atoms with Gasteiger partial charge in [0, 0.05) is 11.8 Å². The standard InChI is InChI=1S/C23H38N2O2/c1-22-11-9-16(27-14-21(24-3)25-4)13-15(22)5-6-17-18-7-8-20(26)23(18,2)12-10-19(17)22/h5,16-19,21,24-25H,6-14H2,1-4H3/t16-,17-,18-,19-,22-,23-/m0/s1. The Morgan fingerprint density at radius 1 is 1.11 bits per heavy atom. The molecule has 3 saturated carbocycles. The van der Waals surface area contributed by atoms with Gasteiger partial charge in [0.25, 0.3) is 0 Å². The van der Waals surface area contributed by atoms with E-state index >= 15 is 0 Å².